The highest BCUT2D eigenvalue weighted by Gasteiger charge is 2.78. The summed E-state index contributed by atoms with van der Waals surface area (Å²) in [6.07, 6.45) is 9.06. The molecule has 3 saturated heterocycles. The Morgan fingerprint density at radius 1 is 1.04 bits per heavy atom. The van der Waals surface area contributed by atoms with Gasteiger partial charge < -0.3 is 15.1 Å². The van der Waals surface area contributed by atoms with Crippen molar-refractivity contribution in [2.75, 3.05) is 42.9 Å². The lowest BCUT2D eigenvalue weighted by molar-refractivity contribution is -0.134. The lowest BCUT2D eigenvalue weighted by Crippen LogP contribution is -2.42. The molecule has 3 N–H and O–H groups in total. The highest BCUT2D eigenvalue weighted by Crippen LogP contribution is 2.70. The molecular weight excluding hydrogens is 618 g/mol. The van der Waals surface area contributed by atoms with Gasteiger partial charge in [-0.05, 0) is 62.1 Å². The maximum absolute atomic E-state index is 14.3. The highest BCUT2D eigenvalue weighted by molar-refractivity contribution is 6.04. The van der Waals surface area contributed by atoms with Gasteiger partial charge in [-0.2, -0.15) is 10.2 Å². The van der Waals surface area contributed by atoms with Crippen molar-refractivity contribution in [1.29, 1.82) is 0 Å². The number of likely N-dealkylation sites (tertiary alicyclic amines) is 1. The molecule has 3 amide bonds. The Bertz CT molecular complexity index is 1720. The molecule has 1 saturated carbocycles. The summed E-state index contributed by atoms with van der Waals surface area (Å²) in [5.41, 5.74) is 3.14. The standard InChI is InChI=1S/C35H42F2N8O3/c1-34-17-28-27(16-29(34)35(34,36)37)31(42-41-28)33(48)39-23-18-38-45(20-23)25-10-12-43(13-11-25)19-21-8-14-44(15-9-21)24-4-2-22(3-5-24)26-6-7-30(46)40-32(26)47/h2-5,18,20-21,25-26,29H,6-17,19H2,1H3,(H,39,48)(H,41,42)(H,40,46,47)/t26-,29-,34+/m0/s1. The van der Waals surface area contributed by atoms with E-state index in [-0.39, 0.29) is 42.3 Å². The quantitative estimate of drug-likeness (QED) is 0.323. The minimum atomic E-state index is -2.70. The molecule has 2 aromatic heterocycles. The number of alkyl halides is 2. The van der Waals surface area contributed by atoms with E-state index in [4.69, 9.17) is 0 Å². The lowest BCUT2D eigenvalue weighted by atomic mass is 9.87. The van der Waals surface area contributed by atoms with Gasteiger partial charge >= 0.3 is 0 Å². The summed E-state index contributed by atoms with van der Waals surface area (Å²) in [6, 6.07) is 8.52. The molecule has 8 rings (SSSR count). The van der Waals surface area contributed by atoms with E-state index < -0.39 is 23.2 Å². The van der Waals surface area contributed by atoms with Crippen LogP contribution in [0.4, 0.5) is 20.2 Å². The number of anilines is 2. The van der Waals surface area contributed by atoms with Crippen LogP contribution in [-0.4, -0.2) is 81.2 Å². The molecule has 3 aromatic rings. The number of nitrogens with zero attached hydrogens (tertiary/aromatic N) is 5. The molecule has 48 heavy (non-hydrogen) atoms. The molecule has 1 aromatic carbocycles. The number of aromatic amines is 1. The van der Waals surface area contributed by atoms with Gasteiger partial charge in [-0.3, -0.25) is 29.5 Å². The second kappa shape index (κ2) is 11.8. The summed E-state index contributed by atoms with van der Waals surface area (Å²) < 4.78 is 30.6. The van der Waals surface area contributed by atoms with Crippen LogP contribution in [0.25, 0.3) is 0 Å². The summed E-state index contributed by atoms with van der Waals surface area (Å²) in [7, 11) is 0. The molecular formula is C35H42F2N8O3. The second-order valence-corrected chi connectivity index (χ2v) is 14.7. The number of carbonyl (C=O) groups is 3. The molecule has 0 unspecified atom stereocenters. The fraction of sp³-hybridized carbons (Fsp3) is 0.571. The van der Waals surface area contributed by atoms with Crippen LogP contribution in [-0.2, 0) is 22.4 Å². The topological polar surface area (TPSA) is 128 Å². The average Bonchev–Trinajstić information content (AvgIpc) is 3.50. The van der Waals surface area contributed by atoms with E-state index in [0.717, 1.165) is 64.0 Å². The van der Waals surface area contributed by atoms with Crippen molar-refractivity contribution in [3.8, 4) is 0 Å². The molecule has 254 valence electrons. The third kappa shape index (κ3) is 5.49. The molecule has 0 spiro atoms. The van der Waals surface area contributed by atoms with Crippen molar-refractivity contribution in [3.05, 3.63) is 59.2 Å². The molecule has 2 aliphatic carbocycles. The Kier molecular flexibility index (Phi) is 7.65. The second-order valence-electron chi connectivity index (χ2n) is 14.7. The van der Waals surface area contributed by atoms with Crippen molar-refractivity contribution >= 4 is 29.1 Å². The van der Waals surface area contributed by atoms with Crippen LogP contribution >= 0.6 is 0 Å². The molecule has 5 aliphatic rings. The number of H-pyrrole nitrogens is 1. The minimum absolute atomic E-state index is 0.164. The number of halogens is 2. The molecule has 3 atom stereocenters. The number of fused-ring (bicyclic) bond motifs is 2. The fourth-order valence-electron chi connectivity index (χ4n) is 8.62. The number of piperidine rings is 3. The highest BCUT2D eigenvalue weighted by atomic mass is 19.3. The summed E-state index contributed by atoms with van der Waals surface area (Å²) in [5.74, 6) is -3.82. The zero-order valence-corrected chi connectivity index (χ0v) is 27.2. The number of hydrogen-bond donors (Lipinski definition) is 3. The van der Waals surface area contributed by atoms with Crippen LogP contribution in [0.1, 0.15) is 84.7 Å². The number of aromatic nitrogens is 4. The van der Waals surface area contributed by atoms with Gasteiger partial charge in [0.1, 0.15) is 0 Å². The SMILES string of the molecule is C[C@@]12Cc3[nH]nc(C(=O)Nc4cnn(C5CCN(CC6CCN(c7ccc([C@@H]8CCC(=O)NC8=O)cc7)CC6)CC5)c4)c3C[C@@H]1C2(F)F. The first-order valence-electron chi connectivity index (χ1n) is 17.3. The van der Waals surface area contributed by atoms with Gasteiger partial charge in [0.25, 0.3) is 11.8 Å². The molecule has 5 heterocycles. The van der Waals surface area contributed by atoms with Crippen LogP contribution < -0.4 is 15.5 Å². The van der Waals surface area contributed by atoms with Crippen LogP contribution in [0, 0.1) is 17.3 Å². The smallest absolute Gasteiger partial charge is 0.276 e. The van der Waals surface area contributed by atoms with Gasteiger partial charge in [-0.25, -0.2) is 8.78 Å². The van der Waals surface area contributed by atoms with Crippen molar-refractivity contribution < 1.29 is 23.2 Å². The first kappa shape index (κ1) is 31.2. The monoisotopic (exact) mass is 660 g/mol. The van der Waals surface area contributed by atoms with E-state index in [1.54, 1.807) is 13.1 Å². The number of amides is 3. The summed E-state index contributed by atoms with van der Waals surface area (Å²) in [5, 5.41) is 16.9. The zero-order chi connectivity index (χ0) is 33.2. The Labute approximate surface area is 277 Å². The van der Waals surface area contributed by atoms with Gasteiger partial charge in [0.2, 0.25) is 11.8 Å². The van der Waals surface area contributed by atoms with E-state index in [1.807, 2.05) is 23.0 Å². The number of hydrogen-bond acceptors (Lipinski definition) is 7. The summed E-state index contributed by atoms with van der Waals surface area (Å²) >= 11 is 0. The van der Waals surface area contributed by atoms with Gasteiger partial charge in [0, 0.05) is 80.0 Å². The van der Waals surface area contributed by atoms with Crippen LogP contribution in [0.3, 0.4) is 0 Å². The number of rotatable bonds is 7. The Morgan fingerprint density at radius 3 is 2.52 bits per heavy atom. The predicted octanol–water partition coefficient (Wildman–Crippen LogP) is 4.30. The number of carbonyl (C=O) groups excluding carboxylic acids is 3. The molecule has 0 bridgehead atoms. The number of benzene rings is 1. The minimum Gasteiger partial charge on any atom is -0.372 e. The maximum atomic E-state index is 14.3. The van der Waals surface area contributed by atoms with Crippen LogP contribution in [0.15, 0.2) is 36.7 Å². The van der Waals surface area contributed by atoms with E-state index in [0.29, 0.717) is 35.7 Å². The average molecular weight is 661 g/mol. The van der Waals surface area contributed by atoms with Gasteiger partial charge in [-0.15, -0.1) is 0 Å². The van der Waals surface area contributed by atoms with Crippen molar-refractivity contribution in [3.63, 3.8) is 0 Å². The van der Waals surface area contributed by atoms with Gasteiger partial charge in [0.15, 0.2) is 5.69 Å². The molecule has 4 fully saturated rings. The van der Waals surface area contributed by atoms with E-state index in [9.17, 15) is 23.2 Å². The lowest BCUT2D eigenvalue weighted by Gasteiger charge is -2.38. The van der Waals surface area contributed by atoms with Crippen molar-refractivity contribution in [2.45, 2.75) is 76.2 Å². The number of imide groups is 1. The van der Waals surface area contributed by atoms with Crippen LogP contribution in [0.5, 0.6) is 0 Å². The Morgan fingerprint density at radius 2 is 1.79 bits per heavy atom. The Hall–Kier alpha value is -4.13. The fourth-order valence-corrected chi connectivity index (χ4v) is 8.62. The van der Waals surface area contributed by atoms with Crippen molar-refractivity contribution in [1.82, 2.24) is 30.2 Å². The van der Waals surface area contributed by atoms with Crippen molar-refractivity contribution in [2.24, 2.45) is 17.3 Å². The van der Waals surface area contributed by atoms with E-state index in [1.165, 1.54) is 5.69 Å². The zero-order valence-electron chi connectivity index (χ0n) is 27.2. The van der Waals surface area contributed by atoms with Gasteiger partial charge in [-0.1, -0.05) is 19.1 Å². The maximum Gasteiger partial charge on any atom is 0.276 e. The molecule has 0 radical (unpaired) electrons. The summed E-state index contributed by atoms with van der Waals surface area (Å²) in [4.78, 5) is 41.8. The van der Waals surface area contributed by atoms with E-state index >= 15 is 0 Å². The summed E-state index contributed by atoms with van der Waals surface area (Å²) in [6.45, 7) is 6.72. The largest absolute Gasteiger partial charge is 0.372 e. The third-order valence-electron chi connectivity index (χ3n) is 11.8. The van der Waals surface area contributed by atoms with E-state index in [2.05, 4.69) is 47.9 Å². The molecule has 11 nitrogen and oxygen atoms in total. The normalized spacial score (nSPS) is 27.7. The van der Waals surface area contributed by atoms with Crippen LogP contribution in [0.2, 0.25) is 0 Å². The molecule has 3 aliphatic heterocycles. The first-order valence-corrected chi connectivity index (χ1v) is 17.3. The Balaban J connectivity index is 0.784. The number of nitrogens with one attached hydrogen (secondary N) is 3. The third-order valence-corrected chi connectivity index (χ3v) is 11.8. The van der Waals surface area contributed by atoms with Gasteiger partial charge in [0.05, 0.1) is 23.8 Å². The first-order chi connectivity index (χ1) is 23.1. The molecule has 13 heteroatoms. The predicted molar refractivity (Wildman–Crippen MR) is 174 cm³/mol.